The molecule has 2 rings (SSSR count). The minimum Gasteiger partial charge on any atom is -0.387 e. The quantitative estimate of drug-likeness (QED) is 0.561. The molecule has 2 aromatic rings. The second kappa shape index (κ2) is 12.3. The predicted molar refractivity (Wildman–Crippen MR) is 121 cm³/mol. The Balaban J connectivity index is 0.000000656. The molecule has 1 amide bonds. The molecule has 0 radical (unpaired) electrons. The Hall–Kier alpha value is -2.42. The predicted octanol–water partition coefficient (Wildman–Crippen LogP) is 2.74. The highest BCUT2D eigenvalue weighted by Crippen LogP contribution is 2.19. The summed E-state index contributed by atoms with van der Waals surface area (Å²) in [5.41, 5.74) is 7.26. The Kier molecular flexibility index (Phi) is 10.5. The average molecular weight is 436 g/mol. The van der Waals surface area contributed by atoms with E-state index >= 15 is 0 Å². The van der Waals surface area contributed by atoms with E-state index in [4.69, 9.17) is 5.73 Å². The molecule has 0 saturated carbocycles. The van der Waals surface area contributed by atoms with Gasteiger partial charge in [0.2, 0.25) is 15.9 Å². The van der Waals surface area contributed by atoms with Crippen LogP contribution in [0.25, 0.3) is 0 Å². The first-order valence-corrected chi connectivity index (χ1v) is 11.7. The maximum absolute atomic E-state index is 11.2. The van der Waals surface area contributed by atoms with Crippen molar-refractivity contribution in [2.45, 2.75) is 33.4 Å². The average Bonchev–Trinajstić information content (AvgIpc) is 2.68. The maximum atomic E-state index is 11.2. The second-order valence-corrected chi connectivity index (χ2v) is 9.13. The third-order valence-electron chi connectivity index (χ3n) is 4.30. The lowest BCUT2D eigenvalue weighted by Gasteiger charge is -2.24. The number of rotatable bonds is 9. The molecule has 7 nitrogen and oxygen atoms in total. The van der Waals surface area contributed by atoms with Gasteiger partial charge in [0.05, 0.1) is 12.4 Å². The van der Waals surface area contributed by atoms with Gasteiger partial charge < -0.3 is 10.8 Å². The number of hydrogen-bond acceptors (Lipinski definition) is 5. The Morgan fingerprint density at radius 1 is 1.10 bits per heavy atom. The van der Waals surface area contributed by atoms with Crippen molar-refractivity contribution < 1.29 is 18.3 Å². The van der Waals surface area contributed by atoms with E-state index < -0.39 is 16.1 Å². The van der Waals surface area contributed by atoms with Gasteiger partial charge >= 0.3 is 0 Å². The number of likely N-dealkylation sites (N-methyl/N-ethyl adjacent to an activating group) is 1. The van der Waals surface area contributed by atoms with E-state index in [1.807, 2.05) is 18.2 Å². The van der Waals surface area contributed by atoms with Crippen molar-refractivity contribution in [3.63, 3.8) is 0 Å². The molecule has 1 atom stereocenters. The van der Waals surface area contributed by atoms with Crippen LogP contribution >= 0.6 is 0 Å². The summed E-state index contributed by atoms with van der Waals surface area (Å²) in [7, 11) is -3.29. The van der Waals surface area contributed by atoms with Crippen LogP contribution in [-0.4, -0.2) is 43.7 Å². The number of sulfonamides is 1. The first-order chi connectivity index (χ1) is 14.0. The number of nitrogens with two attached hydrogens (primary N) is 1. The van der Waals surface area contributed by atoms with E-state index in [1.165, 1.54) is 5.56 Å². The van der Waals surface area contributed by atoms with Gasteiger partial charge in [-0.3, -0.25) is 14.4 Å². The molecule has 0 aliphatic carbocycles. The summed E-state index contributed by atoms with van der Waals surface area (Å²) >= 11 is 0. The van der Waals surface area contributed by atoms with Crippen LogP contribution in [0, 0.1) is 5.92 Å². The van der Waals surface area contributed by atoms with Crippen LogP contribution in [0.5, 0.6) is 0 Å². The Morgan fingerprint density at radius 3 is 2.07 bits per heavy atom. The van der Waals surface area contributed by atoms with Crippen LogP contribution in [0.1, 0.15) is 38.0 Å². The molecule has 0 saturated heterocycles. The number of carbonyl (C=O) groups is 1. The third kappa shape index (κ3) is 10.4. The first-order valence-electron chi connectivity index (χ1n) is 9.83. The van der Waals surface area contributed by atoms with Crippen LogP contribution in [0.2, 0.25) is 0 Å². The van der Waals surface area contributed by atoms with Crippen molar-refractivity contribution in [1.29, 1.82) is 0 Å². The number of carbonyl (C=O) groups excluding carboxylic acids is 1. The minimum absolute atomic E-state index is 0.00926. The highest BCUT2D eigenvalue weighted by molar-refractivity contribution is 7.92. The molecule has 0 fully saturated rings. The number of nitrogens with zero attached hydrogens (tertiary/aromatic N) is 1. The summed E-state index contributed by atoms with van der Waals surface area (Å²) in [5, 5.41) is 10.4. The van der Waals surface area contributed by atoms with Gasteiger partial charge in [-0.15, -0.1) is 0 Å². The monoisotopic (exact) mass is 435 g/mol. The molecule has 166 valence electrons. The highest BCUT2D eigenvalue weighted by Gasteiger charge is 2.13. The van der Waals surface area contributed by atoms with Crippen molar-refractivity contribution in [2.75, 3.05) is 24.1 Å². The molecule has 2 aromatic carbocycles. The minimum atomic E-state index is -3.29. The number of anilines is 1. The lowest BCUT2D eigenvalue weighted by Crippen LogP contribution is -2.28. The van der Waals surface area contributed by atoms with Crippen LogP contribution in [-0.2, 0) is 21.4 Å². The van der Waals surface area contributed by atoms with E-state index in [0.29, 0.717) is 12.2 Å². The van der Waals surface area contributed by atoms with Gasteiger partial charge in [-0.1, -0.05) is 63.2 Å². The molecule has 0 aromatic heterocycles. The van der Waals surface area contributed by atoms with E-state index in [1.54, 1.807) is 38.1 Å². The Labute approximate surface area is 180 Å². The molecule has 1 unspecified atom stereocenters. The van der Waals surface area contributed by atoms with Crippen LogP contribution < -0.4 is 10.5 Å². The molecular formula is C22H33N3O4S. The number of aliphatic hydroxyl groups is 1. The lowest BCUT2D eigenvalue weighted by atomic mass is 10.1. The number of nitrogens with one attached hydrogen (secondary N) is 1. The zero-order chi connectivity index (χ0) is 22.7. The van der Waals surface area contributed by atoms with E-state index in [2.05, 4.69) is 28.7 Å². The van der Waals surface area contributed by atoms with Gasteiger partial charge in [0, 0.05) is 24.7 Å². The van der Waals surface area contributed by atoms with Crippen molar-refractivity contribution >= 4 is 21.6 Å². The van der Waals surface area contributed by atoms with Crippen LogP contribution in [0.15, 0.2) is 54.6 Å². The summed E-state index contributed by atoms with van der Waals surface area (Å²) in [4.78, 5) is 12.1. The molecule has 8 heteroatoms. The summed E-state index contributed by atoms with van der Waals surface area (Å²) in [5.74, 6) is -0.250. The molecule has 0 heterocycles. The topological polar surface area (TPSA) is 113 Å². The van der Waals surface area contributed by atoms with Crippen LogP contribution in [0.3, 0.4) is 0 Å². The van der Waals surface area contributed by atoms with E-state index in [9.17, 15) is 18.3 Å². The molecule has 30 heavy (non-hydrogen) atoms. The number of primary amides is 1. The second-order valence-electron chi connectivity index (χ2n) is 7.38. The molecule has 0 bridgehead atoms. The van der Waals surface area contributed by atoms with Crippen molar-refractivity contribution in [2.24, 2.45) is 11.7 Å². The van der Waals surface area contributed by atoms with Gasteiger partial charge in [-0.2, -0.15) is 0 Å². The number of benzene rings is 2. The van der Waals surface area contributed by atoms with Crippen LogP contribution in [0.4, 0.5) is 5.69 Å². The fourth-order valence-corrected chi connectivity index (χ4v) is 3.05. The maximum Gasteiger partial charge on any atom is 0.229 e. The summed E-state index contributed by atoms with van der Waals surface area (Å²) in [6.07, 6.45) is 0.485. The zero-order valence-electron chi connectivity index (χ0n) is 18.1. The van der Waals surface area contributed by atoms with Gasteiger partial charge in [0.1, 0.15) is 0 Å². The molecule has 0 aliphatic rings. The zero-order valence-corrected chi connectivity index (χ0v) is 18.9. The van der Waals surface area contributed by atoms with Gasteiger partial charge in [0.25, 0.3) is 0 Å². The fraction of sp³-hybridized carbons (Fsp3) is 0.409. The molecule has 0 spiro atoms. The van der Waals surface area contributed by atoms with E-state index in [-0.39, 0.29) is 11.8 Å². The van der Waals surface area contributed by atoms with Crippen molar-refractivity contribution in [1.82, 2.24) is 4.90 Å². The van der Waals surface area contributed by atoms with Gasteiger partial charge in [-0.25, -0.2) is 8.42 Å². The highest BCUT2D eigenvalue weighted by atomic mass is 32.2. The number of hydrogen-bond donors (Lipinski definition) is 3. The molecular weight excluding hydrogens is 402 g/mol. The molecule has 0 aliphatic heterocycles. The largest absolute Gasteiger partial charge is 0.387 e. The Bertz CT molecular complexity index is 869. The summed E-state index contributed by atoms with van der Waals surface area (Å²) in [6, 6.07) is 16.9. The number of aliphatic hydroxyl groups excluding tert-OH is 1. The smallest absolute Gasteiger partial charge is 0.229 e. The van der Waals surface area contributed by atoms with Gasteiger partial charge in [-0.05, 0) is 29.8 Å². The van der Waals surface area contributed by atoms with Gasteiger partial charge in [0.15, 0.2) is 0 Å². The molecule has 4 N–H and O–H groups in total. The SMILES string of the molecule is CC(C)C(N)=O.CCN(Cc1ccccc1)CC(O)c1ccc(NS(C)(=O)=O)cc1. The third-order valence-corrected chi connectivity index (χ3v) is 4.90. The summed E-state index contributed by atoms with van der Waals surface area (Å²) < 4.78 is 24.8. The lowest BCUT2D eigenvalue weighted by molar-refractivity contribution is -0.120. The Morgan fingerprint density at radius 2 is 1.63 bits per heavy atom. The normalized spacial score (nSPS) is 12.2. The first kappa shape index (κ1) is 25.6. The van der Waals surface area contributed by atoms with Crippen molar-refractivity contribution in [3.8, 4) is 0 Å². The fourth-order valence-electron chi connectivity index (χ4n) is 2.48. The standard InChI is InChI=1S/C18H24N2O3S.C4H9NO/c1-3-20(13-15-7-5-4-6-8-15)14-18(21)16-9-11-17(12-10-16)19-24(2,22)23;1-3(2)4(5)6/h4-12,18-19,21H,3,13-14H2,1-2H3;3H,1-2H3,(H2,5,6). The van der Waals surface area contributed by atoms with E-state index in [0.717, 1.165) is 24.9 Å². The van der Waals surface area contributed by atoms with Crippen molar-refractivity contribution in [3.05, 3.63) is 65.7 Å². The number of amides is 1. The summed E-state index contributed by atoms with van der Waals surface area (Å²) in [6.45, 7) is 7.73.